The summed E-state index contributed by atoms with van der Waals surface area (Å²) in [6.07, 6.45) is -3.56. The molecule has 1 aliphatic rings. The number of benzene rings is 1. The Labute approximate surface area is 186 Å². The van der Waals surface area contributed by atoms with E-state index in [1.807, 2.05) is 24.3 Å². The molecule has 4 heterocycles. The molecule has 0 saturated carbocycles. The third-order valence-electron chi connectivity index (χ3n) is 5.03. The van der Waals surface area contributed by atoms with Gasteiger partial charge in [-0.3, -0.25) is 9.89 Å². The van der Waals surface area contributed by atoms with Crippen molar-refractivity contribution in [2.45, 2.75) is 19.3 Å². The average Bonchev–Trinajstić information content (AvgIpc) is 3.33. The van der Waals surface area contributed by atoms with Crippen molar-refractivity contribution in [3.05, 3.63) is 62.7 Å². The van der Waals surface area contributed by atoms with Crippen molar-refractivity contribution < 1.29 is 18.0 Å². The Hall–Kier alpha value is -2.92. The Balaban J connectivity index is 1.59. The third-order valence-corrected chi connectivity index (χ3v) is 6.64. The van der Waals surface area contributed by atoms with Crippen LogP contribution in [-0.4, -0.2) is 21.1 Å². The molecule has 1 atom stereocenters. The maximum Gasteiger partial charge on any atom is 0.433 e. The monoisotopic (exact) mass is 507 g/mol. The number of anilines is 1. The second-order valence-electron chi connectivity index (χ2n) is 7.07. The number of halogens is 4. The molecule has 1 aliphatic heterocycles. The van der Waals surface area contributed by atoms with E-state index in [-0.39, 0.29) is 10.7 Å². The fourth-order valence-corrected chi connectivity index (χ4v) is 5.00. The van der Waals surface area contributed by atoms with Crippen molar-refractivity contribution in [2.24, 2.45) is 0 Å². The van der Waals surface area contributed by atoms with Crippen LogP contribution in [0.4, 0.5) is 18.9 Å². The minimum Gasteiger partial charge on any atom is -0.360 e. The van der Waals surface area contributed by atoms with Crippen LogP contribution in [0.2, 0.25) is 0 Å². The number of aromatic nitrogens is 3. The quantitative estimate of drug-likeness (QED) is 0.328. The van der Waals surface area contributed by atoms with E-state index in [0.29, 0.717) is 27.1 Å². The van der Waals surface area contributed by atoms with E-state index in [1.54, 1.807) is 13.1 Å². The van der Waals surface area contributed by atoms with Crippen molar-refractivity contribution in [3.8, 4) is 11.3 Å². The summed E-state index contributed by atoms with van der Waals surface area (Å²) in [7, 11) is 0. The minimum absolute atomic E-state index is 0.168. The van der Waals surface area contributed by atoms with Gasteiger partial charge in [-0.2, -0.15) is 18.3 Å². The lowest BCUT2D eigenvalue weighted by Gasteiger charge is -2.26. The molecule has 5 rings (SSSR count). The number of nitrogens with zero attached hydrogens (tertiary/aromatic N) is 2. The maximum absolute atomic E-state index is 13.2. The molecular formula is C20H13BrF3N5OS. The number of thiophene rings is 1. The van der Waals surface area contributed by atoms with Gasteiger partial charge in [-0.25, -0.2) is 4.98 Å². The summed E-state index contributed by atoms with van der Waals surface area (Å²) in [6, 6.07) is 8.60. The number of H-pyrrole nitrogens is 1. The summed E-state index contributed by atoms with van der Waals surface area (Å²) in [5, 5.41) is 13.7. The van der Waals surface area contributed by atoms with Gasteiger partial charge in [-0.1, -0.05) is 28.1 Å². The van der Waals surface area contributed by atoms with E-state index in [0.717, 1.165) is 33.1 Å². The predicted molar refractivity (Wildman–Crippen MR) is 115 cm³/mol. The fraction of sp³-hybridized carbons (Fsp3) is 0.150. The first-order valence-corrected chi connectivity index (χ1v) is 10.7. The number of carbonyl (C=O) groups is 1. The number of fused-ring (bicyclic) bond motifs is 3. The Bertz CT molecular complexity index is 1330. The normalized spacial score (nSPS) is 16.2. The summed E-state index contributed by atoms with van der Waals surface area (Å²) in [5.41, 5.74) is 2.22. The summed E-state index contributed by atoms with van der Waals surface area (Å²) in [6.45, 7) is 1.58. The molecule has 11 heteroatoms. The van der Waals surface area contributed by atoms with Crippen LogP contribution in [0.25, 0.3) is 21.5 Å². The first kappa shape index (κ1) is 20.0. The highest BCUT2D eigenvalue weighted by Gasteiger charge is 2.36. The summed E-state index contributed by atoms with van der Waals surface area (Å²) >= 11 is 4.34. The molecular weight excluding hydrogens is 495 g/mol. The van der Waals surface area contributed by atoms with Crippen LogP contribution >= 0.6 is 27.3 Å². The molecule has 158 valence electrons. The van der Waals surface area contributed by atoms with Crippen LogP contribution in [0.1, 0.15) is 32.7 Å². The lowest BCUT2D eigenvalue weighted by molar-refractivity contribution is -0.141. The molecule has 0 bridgehead atoms. The van der Waals surface area contributed by atoms with E-state index < -0.39 is 18.0 Å². The molecule has 31 heavy (non-hydrogen) atoms. The SMILES string of the molecule is Cc1cc(C(F)(F)F)nc2sc3c(c12)N[C@@H](c1cn[nH]c1-c1ccc(Br)cc1)NC3=O. The number of aryl methyl sites for hydroxylation is 1. The number of carbonyl (C=O) groups excluding carboxylic acids is 1. The van der Waals surface area contributed by atoms with Crippen LogP contribution < -0.4 is 10.6 Å². The number of alkyl halides is 3. The number of rotatable bonds is 2. The van der Waals surface area contributed by atoms with Gasteiger partial charge in [0.15, 0.2) is 0 Å². The largest absolute Gasteiger partial charge is 0.433 e. The molecule has 3 N–H and O–H groups in total. The van der Waals surface area contributed by atoms with Crippen molar-refractivity contribution in [2.75, 3.05) is 5.32 Å². The standard InChI is InChI=1S/C20H13BrF3N5OS/c1-8-6-12(20(22,23)24)26-19-13(8)15-16(31-19)18(30)28-17(27-15)11-7-25-29-14(11)9-2-4-10(21)5-3-9/h2-7,17,27H,1H3,(H,25,29)(H,28,30)/t17-/m1/s1. The van der Waals surface area contributed by atoms with Crippen molar-refractivity contribution in [3.63, 3.8) is 0 Å². The molecule has 4 aromatic rings. The summed E-state index contributed by atoms with van der Waals surface area (Å²) < 4.78 is 40.4. The van der Waals surface area contributed by atoms with Gasteiger partial charge < -0.3 is 10.6 Å². The molecule has 0 radical (unpaired) electrons. The van der Waals surface area contributed by atoms with E-state index >= 15 is 0 Å². The smallest absolute Gasteiger partial charge is 0.360 e. The highest BCUT2D eigenvalue weighted by atomic mass is 79.9. The summed E-state index contributed by atoms with van der Waals surface area (Å²) in [5.74, 6) is -0.377. The van der Waals surface area contributed by atoms with E-state index in [4.69, 9.17) is 0 Å². The van der Waals surface area contributed by atoms with Crippen LogP contribution in [0, 0.1) is 6.92 Å². The number of pyridine rings is 1. The first-order chi connectivity index (χ1) is 14.7. The first-order valence-electron chi connectivity index (χ1n) is 9.10. The van der Waals surface area contributed by atoms with Crippen molar-refractivity contribution in [1.29, 1.82) is 0 Å². The Morgan fingerprint density at radius 2 is 1.90 bits per heavy atom. The highest BCUT2D eigenvalue weighted by molar-refractivity contribution is 9.10. The fourth-order valence-electron chi connectivity index (χ4n) is 3.62. The summed E-state index contributed by atoms with van der Waals surface area (Å²) in [4.78, 5) is 17.0. The van der Waals surface area contributed by atoms with Gasteiger partial charge in [0, 0.05) is 21.0 Å². The zero-order valence-electron chi connectivity index (χ0n) is 15.8. The second-order valence-corrected chi connectivity index (χ2v) is 8.98. The molecule has 1 amide bonds. The Morgan fingerprint density at radius 1 is 1.16 bits per heavy atom. The molecule has 1 aromatic carbocycles. The maximum atomic E-state index is 13.2. The van der Waals surface area contributed by atoms with Crippen LogP contribution in [0.3, 0.4) is 0 Å². The van der Waals surface area contributed by atoms with Gasteiger partial charge in [0.05, 0.1) is 17.6 Å². The second kappa shape index (κ2) is 7.06. The minimum atomic E-state index is -4.56. The Kier molecular flexibility index (Phi) is 4.56. The third kappa shape index (κ3) is 3.37. The lowest BCUT2D eigenvalue weighted by atomic mass is 10.0. The zero-order valence-corrected chi connectivity index (χ0v) is 18.2. The number of aromatic amines is 1. The lowest BCUT2D eigenvalue weighted by Crippen LogP contribution is -2.37. The van der Waals surface area contributed by atoms with Gasteiger partial charge in [0.25, 0.3) is 5.91 Å². The Morgan fingerprint density at radius 3 is 2.61 bits per heavy atom. The van der Waals surface area contributed by atoms with Gasteiger partial charge in [-0.05, 0) is 30.7 Å². The zero-order chi connectivity index (χ0) is 21.9. The van der Waals surface area contributed by atoms with E-state index in [9.17, 15) is 18.0 Å². The molecule has 6 nitrogen and oxygen atoms in total. The van der Waals surface area contributed by atoms with Crippen LogP contribution in [0.15, 0.2) is 41.0 Å². The molecule has 0 spiro atoms. The molecule has 0 aliphatic carbocycles. The van der Waals surface area contributed by atoms with Gasteiger partial charge in [0.1, 0.15) is 21.6 Å². The van der Waals surface area contributed by atoms with Gasteiger partial charge in [0.2, 0.25) is 0 Å². The molecule has 0 saturated heterocycles. The average molecular weight is 508 g/mol. The van der Waals surface area contributed by atoms with E-state index in [1.165, 1.54) is 0 Å². The van der Waals surface area contributed by atoms with Gasteiger partial charge in [-0.15, -0.1) is 11.3 Å². The molecule has 3 aromatic heterocycles. The number of hydrogen-bond acceptors (Lipinski definition) is 5. The number of amides is 1. The topological polar surface area (TPSA) is 82.7 Å². The van der Waals surface area contributed by atoms with Crippen LogP contribution in [0.5, 0.6) is 0 Å². The highest BCUT2D eigenvalue weighted by Crippen LogP contribution is 2.43. The van der Waals surface area contributed by atoms with E-state index in [2.05, 4.69) is 41.7 Å². The van der Waals surface area contributed by atoms with Crippen molar-refractivity contribution >= 4 is 49.1 Å². The predicted octanol–water partition coefficient (Wildman–Crippen LogP) is 5.63. The van der Waals surface area contributed by atoms with Gasteiger partial charge >= 0.3 is 6.18 Å². The number of nitrogens with one attached hydrogen (secondary N) is 3. The van der Waals surface area contributed by atoms with Crippen molar-refractivity contribution in [1.82, 2.24) is 20.5 Å². The number of hydrogen-bond donors (Lipinski definition) is 3. The molecule has 0 unspecified atom stereocenters. The van der Waals surface area contributed by atoms with Crippen LogP contribution in [-0.2, 0) is 6.18 Å². The molecule has 0 fully saturated rings.